The van der Waals surface area contributed by atoms with Crippen molar-refractivity contribution < 1.29 is 9.26 Å². The van der Waals surface area contributed by atoms with Crippen molar-refractivity contribution in [2.75, 3.05) is 0 Å². The van der Waals surface area contributed by atoms with Gasteiger partial charge in [-0.25, -0.2) is 0 Å². The molecule has 1 aromatic heterocycles. The Morgan fingerprint density at radius 3 is 2.48 bits per heavy atom. The van der Waals surface area contributed by atoms with Crippen LogP contribution >= 0.6 is 0 Å². The van der Waals surface area contributed by atoms with Crippen LogP contribution in [0.25, 0.3) is 0 Å². The molecule has 0 radical (unpaired) electrons. The number of benzene rings is 1. The maximum atomic E-state index is 5.91. The molecule has 0 amide bonds. The van der Waals surface area contributed by atoms with E-state index in [4.69, 9.17) is 15.0 Å². The molecule has 21 heavy (non-hydrogen) atoms. The summed E-state index contributed by atoms with van der Waals surface area (Å²) in [5, 5.41) is 3.86. The summed E-state index contributed by atoms with van der Waals surface area (Å²) < 4.78 is 10.8. The van der Waals surface area contributed by atoms with Crippen LogP contribution in [-0.4, -0.2) is 10.1 Å². The summed E-state index contributed by atoms with van der Waals surface area (Å²) in [6.07, 6.45) is 1.12. The van der Waals surface area contributed by atoms with E-state index in [1.165, 1.54) is 5.56 Å². The lowest BCUT2D eigenvalue weighted by atomic mass is 9.99. The second-order valence-electron chi connectivity index (χ2n) is 5.90. The maximum absolute atomic E-state index is 5.91. The molecule has 0 saturated carbocycles. The minimum absolute atomic E-state index is 0.242. The van der Waals surface area contributed by atoms with Crippen molar-refractivity contribution in [2.45, 2.75) is 52.2 Å². The zero-order valence-corrected chi connectivity index (χ0v) is 13.1. The van der Waals surface area contributed by atoms with Gasteiger partial charge in [0.2, 0.25) is 0 Å². The third-order valence-electron chi connectivity index (χ3n) is 3.47. The van der Waals surface area contributed by atoms with Crippen molar-refractivity contribution in [2.24, 2.45) is 5.73 Å². The van der Waals surface area contributed by atoms with Crippen molar-refractivity contribution in [3.05, 3.63) is 41.5 Å². The van der Waals surface area contributed by atoms with Gasteiger partial charge in [-0.3, -0.25) is 0 Å². The first kappa shape index (κ1) is 15.5. The van der Waals surface area contributed by atoms with Crippen LogP contribution < -0.4 is 10.5 Å². The fourth-order valence-electron chi connectivity index (χ4n) is 1.85. The van der Waals surface area contributed by atoms with Crippen LogP contribution in [0.15, 0.2) is 28.8 Å². The Kier molecular flexibility index (Phi) is 4.63. The molecule has 0 spiro atoms. The monoisotopic (exact) mass is 289 g/mol. The molecule has 114 valence electrons. The van der Waals surface area contributed by atoms with Gasteiger partial charge in [-0.15, -0.1) is 0 Å². The molecule has 1 aromatic carbocycles. The Balaban J connectivity index is 1.95. The SMILES string of the molecule is CCC(C)c1ccc(OCc2nc(C(C)(C)N)no2)cc1. The summed E-state index contributed by atoms with van der Waals surface area (Å²) in [6.45, 7) is 8.30. The Morgan fingerprint density at radius 2 is 1.95 bits per heavy atom. The number of aromatic nitrogens is 2. The minimum atomic E-state index is -0.611. The van der Waals surface area contributed by atoms with E-state index in [0.29, 0.717) is 17.6 Å². The van der Waals surface area contributed by atoms with Crippen LogP contribution in [0.2, 0.25) is 0 Å². The van der Waals surface area contributed by atoms with Gasteiger partial charge in [0.05, 0.1) is 5.54 Å². The van der Waals surface area contributed by atoms with Gasteiger partial charge in [0.25, 0.3) is 5.89 Å². The van der Waals surface area contributed by atoms with E-state index in [1.807, 2.05) is 26.0 Å². The molecular weight excluding hydrogens is 266 g/mol. The summed E-state index contributed by atoms with van der Waals surface area (Å²) in [6, 6.07) is 8.11. The Morgan fingerprint density at radius 1 is 1.29 bits per heavy atom. The van der Waals surface area contributed by atoms with Gasteiger partial charge in [-0.2, -0.15) is 4.98 Å². The molecule has 0 aliphatic carbocycles. The molecule has 2 aromatic rings. The quantitative estimate of drug-likeness (QED) is 0.882. The molecule has 0 fully saturated rings. The van der Waals surface area contributed by atoms with Crippen LogP contribution in [0.3, 0.4) is 0 Å². The topological polar surface area (TPSA) is 74.2 Å². The van der Waals surface area contributed by atoms with Crippen LogP contribution in [0.4, 0.5) is 0 Å². The van der Waals surface area contributed by atoms with E-state index < -0.39 is 5.54 Å². The van der Waals surface area contributed by atoms with E-state index in [9.17, 15) is 0 Å². The largest absolute Gasteiger partial charge is 0.484 e. The number of hydrogen-bond donors (Lipinski definition) is 1. The van der Waals surface area contributed by atoms with Crippen molar-refractivity contribution >= 4 is 0 Å². The summed E-state index contributed by atoms with van der Waals surface area (Å²) in [7, 11) is 0. The van der Waals surface area contributed by atoms with Gasteiger partial charge in [-0.05, 0) is 43.9 Å². The molecule has 0 aliphatic rings. The third kappa shape index (κ3) is 4.04. The highest BCUT2D eigenvalue weighted by Gasteiger charge is 2.21. The zero-order valence-electron chi connectivity index (χ0n) is 13.1. The number of hydrogen-bond acceptors (Lipinski definition) is 5. The smallest absolute Gasteiger partial charge is 0.264 e. The predicted octanol–water partition coefficient (Wildman–Crippen LogP) is 3.36. The average Bonchev–Trinajstić information content (AvgIpc) is 2.94. The normalized spacial score (nSPS) is 13.2. The van der Waals surface area contributed by atoms with E-state index in [2.05, 4.69) is 36.1 Å². The Bertz CT molecular complexity index is 570. The number of rotatable bonds is 6. The van der Waals surface area contributed by atoms with E-state index in [0.717, 1.165) is 12.2 Å². The highest BCUT2D eigenvalue weighted by atomic mass is 16.5. The van der Waals surface area contributed by atoms with Crippen molar-refractivity contribution in [1.82, 2.24) is 10.1 Å². The molecular formula is C16H23N3O2. The molecule has 1 unspecified atom stereocenters. The minimum Gasteiger partial charge on any atom is -0.484 e. The second kappa shape index (κ2) is 6.26. The van der Waals surface area contributed by atoms with Gasteiger partial charge in [0, 0.05) is 0 Å². The van der Waals surface area contributed by atoms with Gasteiger partial charge in [0.1, 0.15) is 5.75 Å². The van der Waals surface area contributed by atoms with Gasteiger partial charge < -0.3 is 15.0 Å². The van der Waals surface area contributed by atoms with E-state index in [-0.39, 0.29) is 6.61 Å². The summed E-state index contributed by atoms with van der Waals surface area (Å²) >= 11 is 0. The van der Waals surface area contributed by atoms with Crippen LogP contribution in [0.5, 0.6) is 5.75 Å². The maximum Gasteiger partial charge on any atom is 0.264 e. The van der Waals surface area contributed by atoms with Crippen LogP contribution in [0.1, 0.15) is 57.3 Å². The number of nitrogens with zero attached hydrogens (tertiary/aromatic N) is 2. The fourth-order valence-corrected chi connectivity index (χ4v) is 1.85. The predicted molar refractivity (Wildman–Crippen MR) is 81.0 cm³/mol. The highest BCUT2D eigenvalue weighted by Crippen LogP contribution is 2.22. The zero-order chi connectivity index (χ0) is 15.5. The fraction of sp³-hybridized carbons (Fsp3) is 0.500. The molecule has 1 heterocycles. The Labute approximate surface area is 125 Å². The molecule has 2 rings (SSSR count). The molecule has 5 heteroatoms. The second-order valence-corrected chi connectivity index (χ2v) is 5.90. The first-order valence-electron chi connectivity index (χ1n) is 7.25. The molecule has 0 bridgehead atoms. The lowest BCUT2D eigenvalue weighted by molar-refractivity contribution is 0.241. The first-order chi connectivity index (χ1) is 9.90. The van der Waals surface area contributed by atoms with Crippen molar-refractivity contribution in [1.29, 1.82) is 0 Å². The summed E-state index contributed by atoms with van der Waals surface area (Å²) in [5.41, 5.74) is 6.61. The molecule has 5 nitrogen and oxygen atoms in total. The van der Waals surface area contributed by atoms with Crippen LogP contribution in [-0.2, 0) is 12.1 Å². The van der Waals surface area contributed by atoms with Gasteiger partial charge in [-0.1, -0.05) is 31.1 Å². The molecule has 0 saturated heterocycles. The standard InChI is InChI=1S/C16H23N3O2/c1-5-11(2)12-6-8-13(9-7-12)20-10-14-18-15(19-21-14)16(3,4)17/h6-9,11H,5,10,17H2,1-4H3. The van der Waals surface area contributed by atoms with Crippen molar-refractivity contribution in [3.8, 4) is 5.75 Å². The first-order valence-corrected chi connectivity index (χ1v) is 7.25. The lowest BCUT2D eigenvalue weighted by Gasteiger charge is -2.11. The molecule has 2 N–H and O–H groups in total. The lowest BCUT2D eigenvalue weighted by Crippen LogP contribution is -2.30. The Hall–Kier alpha value is -1.88. The average molecular weight is 289 g/mol. The van der Waals surface area contributed by atoms with Gasteiger partial charge >= 0.3 is 0 Å². The van der Waals surface area contributed by atoms with E-state index >= 15 is 0 Å². The third-order valence-corrected chi connectivity index (χ3v) is 3.47. The van der Waals surface area contributed by atoms with E-state index in [1.54, 1.807) is 0 Å². The number of ether oxygens (including phenoxy) is 1. The molecule has 1 atom stereocenters. The van der Waals surface area contributed by atoms with Gasteiger partial charge in [0.15, 0.2) is 12.4 Å². The van der Waals surface area contributed by atoms with Crippen molar-refractivity contribution in [3.63, 3.8) is 0 Å². The number of nitrogens with two attached hydrogens (primary N) is 1. The van der Waals surface area contributed by atoms with Crippen LogP contribution in [0, 0.1) is 0 Å². The molecule has 0 aliphatic heterocycles. The summed E-state index contributed by atoms with van der Waals surface area (Å²) in [5.74, 6) is 2.25. The summed E-state index contributed by atoms with van der Waals surface area (Å²) in [4.78, 5) is 4.23. The highest BCUT2D eigenvalue weighted by molar-refractivity contribution is 5.29.